The van der Waals surface area contributed by atoms with Crippen LogP contribution in [0, 0.1) is 12.8 Å². The molecule has 8 heteroatoms. The van der Waals surface area contributed by atoms with Crippen LogP contribution >= 0.6 is 24.8 Å². The van der Waals surface area contributed by atoms with Crippen molar-refractivity contribution >= 4 is 30.7 Å². The molecule has 1 aromatic rings. The highest BCUT2D eigenvalue weighted by atomic mass is 35.5. The minimum Gasteiger partial charge on any atom is -0.361 e. The number of piperazine rings is 1. The van der Waals surface area contributed by atoms with Gasteiger partial charge in [-0.15, -0.1) is 24.8 Å². The van der Waals surface area contributed by atoms with Crippen LogP contribution in [0.1, 0.15) is 18.4 Å². The molecule has 1 atom stereocenters. The molecule has 21 heavy (non-hydrogen) atoms. The van der Waals surface area contributed by atoms with Gasteiger partial charge in [-0.3, -0.25) is 9.69 Å². The van der Waals surface area contributed by atoms with Crippen LogP contribution in [0.4, 0.5) is 0 Å². The monoisotopic (exact) mass is 338 g/mol. The van der Waals surface area contributed by atoms with Crippen LogP contribution < -0.4 is 5.73 Å². The second-order valence-electron chi connectivity index (χ2n) is 5.17. The summed E-state index contributed by atoms with van der Waals surface area (Å²) in [4.78, 5) is 16.2. The summed E-state index contributed by atoms with van der Waals surface area (Å²) >= 11 is 0. The predicted octanol–water partition coefficient (Wildman–Crippen LogP) is 1.07. The van der Waals surface area contributed by atoms with E-state index in [1.807, 2.05) is 24.8 Å². The number of carbonyl (C=O) groups excluding carboxylic acids is 1. The lowest BCUT2D eigenvalue weighted by Gasteiger charge is -2.35. The summed E-state index contributed by atoms with van der Waals surface area (Å²) in [5.74, 6) is 0.921. The van der Waals surface area contributed by atoms with E-state index in [2.05, 4.69) is 10.1 Å². The molecule has 1 unspecified atom stereocenters. The molecule has 6 nitrogen and oxygen atoms in total. The quantitative estimate of drug-likeness (QED) is 0.888. The SMILES string of the molecule is Cc1cc(CN2CCN(C(=O)C(C)CN)CC2)no1.Cl.Cl. The first kappa shape index (κ1) is 20.2. The number of carbonyl (C=O) groups is 1. The van der Waals surface area contributed by atoms with Gasteiger partial charge in [0, 0.05) is 51.3 Å². The molecule has 1 amide bonds. The lowest BCUT2D eigenvalue weighted by molar-refractivity contribution is -0.136. The Bertz CT molecular complexity index is 434. The molecule has 0 spiro atoms. The number of rotatable bonds is 4. The average Bonchev–Trinajstić information content (AvgIpc) is 2.83. The third-order valence-corrected chi connectivity index (χ3v) is 3.52. The Hall–Kier alpha value is -0.820. The first-order chi connectivity index (χ1) is 9.10. The first-order valence-corrected chi connectivity index (χ1v) is 6.73. The molecule has 2 heterocycles. The highest BCUT2D eigenvalue weighted by Crippen LogP contribution is 2.10. The van der Waals surface area contributed by atoms with Gasteiger partial charge in [0.15, 0.2) is 0 Å². The van der Waals surface area contributed by atoms with Gasteiger partial charge in [-0.25, -0.2) is 0 Å². The van der Waals surface area contributed by atoms with Crippen LogP contribution in [0.5, 0.6) is 0 Å². The second-order valence-corrected chi connectivity index (χ2v) is 5.17. The molecule has 0 bridgehead atoms. The molecular formula is C13H24Cl2N4O2. The highest BCUT2D eigenvalue weighted by Gasteiger charge is 2.24. The maximum absolute atomic E-state index is 12.0. The van der Waals surface area contributed by atoms with Gasteiger partial charge in [0.1, 0.15) is 5.76 Å². The number of aryl methyl sites for hydroxylation is 1. The maximum Gasteiger partial charge on any atom is 0.226 e. The zero-order valence-electron chi connectivity index (χ0n) is 12.4. The molecule has 0 aliphatic carbocycles. The molecule has 0 radical (unpaired) electrons. The van der Waals surface area contributed by atoms with Crippen molar-refractivity contribution in [3.05, 3.63) is 17.5 Å². The Morgan fingerprint density at radius 3 is 2.48 bits per heavy atom. The molecular weight excluding hydrogens is 315 g/mol. The van der Waals surface area contributed by atoms with E-state index in [9.17, 15) is 4.79 Å². The summed E-state index contributed by atoms with van der Waals surface area (Å²) in [6, 6.07) is 1.95. The normalized spacial score (nSPS) is 16.8. The molecule has 2 rings (SSSR count). The van der Waals surface area contributed by atoms with Gasteiger partial charge < -0.3 is 15.2 Å². The Labute approximate surface area is 137 Å². The molecule has 1 saturated heterocycles. The first-order valence-electron chi connectivity index (χ1n) is 6.73. The topological polar surface area (TPSA) is 75.6 Å². The summed E-state index contributed by atoms with van der Waals surface area (Å²) in [5, 5.41) is 3.99. The number of aromatic nitrogens is 1. The van der Waals surface area contributed by atoms with Gasteiger partial charge in [0.25, 0.3) is 0 Å². The number of nitrogens with two attached hydrogens (primary N) is 1. The summed E-state index contributed by atoms with van der Waals surface area (Å²) in [6.45, 7) is 8.24. The Morgan fingerprint density at radius 2 is 2.00 bits per heavy atom. The Balaban J connectivity index is 0.00000200. The molecule has 0 aromatic carbocycles. The van der Waals surface area contributed by atoms with Gasteiger partial charge in [-0.05, 0) is 6.92 Å². The van der Waals surface area contributed by atoms with Gasteiger partial charge in [-0.1, -0.05) is 12.1 Å². The lowest BCUT2D eigenvalue weighted by Crippen LogP contribution is -2.50. The van der Waals surface area contributed by atoms with Crippen LogP contribution in [0.2, 0.25) is 0 Å². The summed E-state index contributed by atoms with van der Waals surface area (Å²) in [7, 11) is 0. The van der Waals surface area contributed by atoms with E-state index < -0.39 is 0 Å². The molecule has 1 aliphatic heterocycles. The number of halogens is 2. The van der Waals surface area contributed by atoms with Crippen molar-refractivity contribution in [1.82, 2.24) is 15.0 Å². The van der Waals surface area contributed by atoms with E-state index in [4.69, 9.17) is 10.3 Å². The van der Waals surface area contributed by atoms with E-state index in [0.717, 1.165) is 44.2 Å². The largest absolute Gasteiger partial charge is 0.361 e. The highest BCUT2D eigenvalue weighted by molar-refractivity contribution is 5.85. The number of nitrogens with zero attached hydrogens (tertiary/aromatic N) is 3. The predicted molar refractivity (Wildman–Crippen MR) is 85.8 cm³/mol. The van der Waals surface area contributed by atoms with Crippen LogP contribution in [-0.4, -0.2) is 53.6 Å². The van der Waals surface area contributed by atoms with Gasteiger partial charge >= 0.3 is 0 Å². The third kappa shape index (κ3) is 5.47. The molecule has 122 valence electrons. The van der Waals surface area contributed by atoms with Crippen molar-refractivity contribution in [1.29, 1.82) is 0 Å². The molecule has 0 saturated carbocycles. The molecule has 1 aromatic heterocycles. The van der Waals surface area contributed by atoms with Crippen molar-refractivity contribution in [2.45, 2.75) is 20.4 Å². The minimum atomic E-state index is -0.0789. The number of amides is 1. The van der Waals surface area contributed by atoms with Crippen LogP contribution in [0.15, 0.2) is 10.6 Å². The van der Waals surface area contributed by atoms with E-state index in [-0.39, 0.29) is 36.6 Å². The Kier molecular flexibility index (Phi) is 8.89. The zero-order valence-corrected chi connectivity index (χ0v) is 14.1. The van der Waals surface area contributed by atoms with Gasteiger partial charge in [-0.2, -0.15) is 0 Å². The smallest absolute Gasteiger partial charge is 0.226 e. The zero-order chi connectivity index (χ0) is 13.8. The van der Waals surface area contributed by atoms with Crippen LogP contribution in [0.3, 0.4) is 0 Å². The van der Waals surface area contributed by atoms with Crippen molar-refractivity contribution in [3.63, 3.8) is 0 Å². The van der Waals surface area contributed by atoms with Gasteiger partial charge in [0.05, 0.1) is 5.69 Å². The van der Waals surface area contributed by atoms with E-state index >= 15 is 0 Å². The van der Waals surface area contributed by atoms with Crippen LogP contribution in [0.25, 0.3) is 0 Å². The minimum absolute atomic E-state index is 0. The van der Waals surface area contributed by atoms with E-state index in [1.165, 1.54) is 0 Å². The number of hydrogen-bond donors (Lipinski definition) is 1. The van der Waals surface area contributed by atoms with Crippen molar-refractivity contribution in [2.75, 3.05) is 32.7 Å². The second kappa shape index (κ2) is 9.25. The lowest BCUT2D eigenvalue weighted by atomic mass is 10.1. The van der Waals surface area contributed by atoms with Crippen LogP contribution in [-0.2, 0) is 11.3 Å². The standard InChI is InChI=1S/C13H22N4O2.2ClH/c1-10(8-14)13(18)17-5-3-16(4-6-17)9-12-7-11(2)19-15-12;;/h7,10H,3-6,8-9,14H2,1-2H3;2*1H. The molecule has 2 N–H and O–H groups in total. The summed E-state index contributed by atoms with van der Waals surface area (Å²) in [6.07, 6.45) is 0. The Morgan fingerprint density at radius 1 is 1.38 bits per heavy atom. The van der Waals surface area contributed by atoms with Crippen molar-refractivity contribution < 1.29 is 9.32 Å². The third-order valence-electron chi connectivity index (χ3n) is 3.52. The molecule has 1 fully saturated rings. The van der Waals surface area contributed by atoms with Gasteiger partial charge in [0.2, 0.25) is 5.91 Å². The van der Waals surface area contributed by atoms with E-state index in [0.29, 0.717) is 6.54 Å². The van der Waals surface area contributed by atoms with Crippen molar-refractivity contribution in [3.8, 4) is 0 Å². The summed E-state index contributed by atoms with van der Waals surface area (Å²) < 4.78 is 5.06. The average molecular weight is 339 g/mol. The summed E-state index contributed by atoms with van der Waals surface area (Å²) in [5.41, 5.74) is 6.49. The number of hydrogen-bond acceptors (Lipinski definition) is 5. The van der Waals surface area contributed by atoms with Crippen molar-refractivity contribution in [2.24, 2.45) is 11.7 Å². The fourth-order valence-corrected chi connectivity index (χ4v) is 2.26. The maximum atomic E-state index is 12.0. The molecule has 1 aliphatic rings. The fourth-order valence-electron chi connectivity index (χ4n) is 2.26. The van der Waals surface area contributed by atoms with E-state index in [1.54, 1.807) is 0 Å². The fraction of sp³-hybridized carbons (Fsp3) is 0.692.